The van der Waals surface area contributed by atoms with Crippen LogP contribution in [0.5, 0.6) is 0 Å². The lowest BCUT2D eigenvalue weighted by molar-refractivity contribution is 0.112. The molecule has 0 amide bonds. The number of nitrogens with zero attached hydrogens (tertiary/aromatic N) is 2. The molecule has 1 aliphatic heterocycles. The van der Waals surface area contributed by atoms with Gasteiger partial charge in [-0.25, -0.2) is 0 Å². The SMILES string of the molecule is Cc1ccc(N2CCN(C)CC2C)c(C=O)c1. The topological polar surface area (TPSA) is 23.6 Å². The molecule has 17 heavy (non-hydrogen) atoms. The maximum Gasteiger partial charge on any atom is 0.152 e. The molecule has 0 N–H and O–H groups in total. The number of benzene rings is 1. The van der Waals surface area contributed by atoms with Gasteiger partial charge >= 0.3 is 0 Å². The summed E-state index contributed by atoms with van der Waals surface area (Å²) in [6.45, 7) is 7.32. The van der Waals surface area contributed by atoms with Gasteiger partial charge in [0.05, 0.1) is 0 Å². The Morgan fingerprint density at radius 3 is 2.76 bits per heavy atom. The Kier molecular flexibility index (Phi) is 3.48. The van der Waals surface area contributed by atoms with Crippen molar-refractivity contribution in [2.45, 2.75) is 19.9 Å². The van der Waals surface area contributed by atoms with Crippen molar-refractivity contribution in [3.63, 3.8) is 0 Å². The Labute approximate surface area is 103 Å². The average molecular weight is 232 g/mol. The molecule has 0 bridgehead atoms. The minimum absolute atomic E-state index is 0.454. The molecule has 2 rings (SSSR count). The number of aldehydes is 1. The number of hydrogen-bond donors (Lipinski definition) is 0. The van der Waals surface area contributed by atoms with E-state index in [1.807, 2.05) is 13.0 Å². The number of aryl methyl sites for hydroxylation is 1. The summed E-state index contributed by atoms with van der Waals surface area (Å²) in [6.07, 6.45) is 0.966. The van der Waals surface area contributed by atoms with Gasteiger partial charge in [-0.1, -0.05) is 11.6 Å². The van der Waals surface area contributed by atoms with E-state index in [0.29, 0.717) is 6.04 Å². The zero-order valence-corrected chi connectivity index (χ0v) is 10.8. The zero-order valence-electron chi connectivity index (χ0n) is 10.8. The van der Waals surface area contributed by atoms with Crippen molar-refractivity contribution < 1.29 is 4.79 Å². The first-order chi connectivity index (χ1) is 8.11. The smallest absolute Gasteiger partial charge is 0.152 e. The largest absolute Gasteiger partial charge is 0.366 e. The molecule has 1 saturated heterocycles. The van der Waals surface area contributed by atoms with Gasteiger partial charge in [0.15, 0.2) is 6.29 Å². The minimum atomic E-state index is 0.454. The Hall–Kier alpha value is -1.35. The van der Waals surface area contributed by atoms with Crippen LogP contribution in [0.15, 0.2) is 18.2 Å². The fourth-order valence-corrected chi connectivity index (χ4v) is 2.53. The molecule has 1 aromatic rings. The Bertz CT molecular complexity index is 417. The third-order valence-electron chi connectivity index (χ3n) is 3.45. The number of carbonyl (C=O) groups excluding carboxylic acids is 1. The highest BCUT2D eigenvalue weighted by atomic mass is 16.1. The molecule has 1 aromatic carbocycles. The second-order valence-electron chi connectivity index (χ2n) is 4.98. The molecule has 1 heterocycles. The van der Waals surface area contributed by atoms with Crippen LogP contribution in [0.1, 0.15) is 22.8 Å². The maximum atomic E-state index is 11.2. The molecular weight excluding hydrogens is 212 g/mol. The van der Waals surface area contributed by atoms with Crippen LogP contribution in [0.25, 0.3) is 0 Å². The number of hydrogen-bond acceptors (Lipinski definition) is 3. The summed E-state index contributed by atoms with van der Waals surface area (Å²) >= 11 is 0. The summed E-state index contributed by atoms with van der Waals surface area (Å²) in [5, 5.41) is 0. The third kappa shape index (κ3) is 2.50. The number of rotatable bonds is 2. The van der Waals surface area contributed by atoms with Crippen molar-refractivity contribution in [3.05, 3.63) is 29.3 Å². The van der Waals surface area contributed by atoms with Gasteiger partial charge in [0.2, 0.25) is 0 Å². The molecule has 1 atom stereocenters. The quantitative estimate of drug-likeness (QED) is 0.728. The summed E-state index contributed by atoms with van der Waals surface area (Å²) in [7, 11) is 2.14. The number of piperazine rings is 1. The van der Waals surface area contributed by atoms with E-state index in [0.717, 1.165) is 42.7 Å². The van der Waals surface area contributed by atoms with Crippen LogP contribution in [0.3, 0.4) is 0 Å². The van der Waals surface area contributed by atoms with Crippen molar-refractivity contribution in [3.8, 4) is 0 Å². The predicted octanol–water partition coefficient (Wildman–Crippen LogP) is 1.95. The molecule has 0 spiro atoms. The lowest BCUT2D eigenvalue weighted by Crippen LogP contribution is -2.50. The van der Waals surface area contributed by atoms with Crippen molar-refractivity contribution >= 4 is 12.0 Å². The molecule has 0 saturated carbocycles. The Morgan fingerprint density at radius 1 is 1.35 bits per heavy atom. The molecule has 0 aliphatic carbocycles. The standard InChI is InChI=1S/C14H20N2O/c1-11-4-5-14(13(8-11)10-17)16-7-6-15(3)9-12(16)2/h4-5,8,10,12H,6-7,9H2,1-3H3. The van der Waals surface area contributed by atoms with E-state index < -0.39 is 0 Å². The first-order valence-corrected chi connectivity index (χ1v) is 6.13. The fourth-order valence-electron chi connectivity index (χ4n) is 2.53. The van der Waals surface area contributed by atoms with Crippen LogP contribution >= 0.6 is 0 Å². The van der Waals surface area contributed by atoms with Crippen LogP contribution in [0, 0.1) is 6.92 Å². The lowest BCUT2D eigenvalue weighted by atomic mass is 10.1. The second kappa shape index (κ2) is 4.88. The molecule has 1 fully saturated rings. The van der Waals surface area contributed by atoms with Gasteiger partial charge in [0, 0.05) is 36.9 Å². The van der Waals surface area contributed by atoms with Crippen molar-refractivity contribution in [1.29, 1.82) is 0 Å². The van der Waals surface area contributed by atoms with Crippen molar-refractivity contribution in [2.24, 2.45) is 0 Å². The fraction of sp³-hybridized carbons (Fsp3) is 0.500. The summed E-state index contributed by atoms with van der Waals surface area (Å²) in [4.78, 5) is 15.8. The van der Waals surface area contributed by atoms with Crippen LogP contribution in [-0.2, 0) is 0 Å². The Balaban J connectivity index is 2.30. The normalized spacial score (nSPS) is 21.6. The maximum absolute atomic E-state index is 11.2. The average Bonchev–Trinajstić information content (AvgIpc) is 2.30. The third-order valence-corrected chi connectivity index (χ3v) is 3.45. The van der Waals surface area contributed by atoms with E-state index in [9.17, 15) is 4.79 Å². The van der Waals surface area contributed by atoms with E-state index in [1.165, 1.54) is 0 Å². The Morgan fingerprint density at radius 2 is 2.12 bits per heavy atom. The van der Waals surface area contributed by atoms with Crippen LogP contribution in [0.4, 0.5) is 5.69 Å². The first-order valence-electron chi connectivity index (χ1n) is 6.13. The van der Waals surface area contributed by atoms with Gasteiger partial charge < -0.3 is 9.80 Å². The van der Waals surface area contributed by atoms with Gasteiger partial charge in [-0.2, -0.15) is 0 Å². The van der Waals surface area contributed by atoms with Crippen molar-refractivity contribution in [2.75, 3.05) is 31.6 Å². The molecular formula is C14H20N2O. The van der Waals surface area contributed by atoms with Crippen LogP contribution < -0.4 is 4.90 Å². The molecule has 1 aliphatic rings. The number of likely N-dealkylation sites (N-methyl/N-ethyl adjacent to an activating group) is 1. The molecule has 1 unspecified atom stereocenters. The molecule has 0 aromatic heterocycles. The van der Waals surface area contributed by atoms with Gasteiger partial charge in [0.1, 0.15) is 0 Å². The van der Waals surface area contributed by atoms with E-state index in [4.69, 9.17) is 0 Å². The van der Waals surface area contributed by atoms with E-state index in [2.05, 4.69) is 35.9 Å². The highest BCUT2D eigenvalue weighted by Gasteiger charge is 2.23. The van der Waals surface area contributed by atoms with E-state index in [-0.39, 0.29) is 0 Å². The highest BCUT2D eigenvalue weighted by Crippen LogP contribution is 2.24. The lowest BCUT2D eigenvalue weighted by Gasteiger charge is -2.40. The first kappa shape index (κ1) is 12.1. The second-order valence-corrected chi connectivity index (χ2v) is 4.98. The molecule has 0 radical (unpaired) electrons. The summed E-state index contributed by atoms with van der Waals surface area (Å²) < 4.78 is 0. The zero-order chi connectivity index (χ0) is 12.4. The number of anilines is 1. The summed E-state index contributed by atoms with van der Waals surface area (Å²) in [6, 6.07) is 6.57. The van der Waals surface area contributed by atoms with Gasteiger partial charge in [-0.05, 0) is 33.0 Å². The molecule has 3 nitrogen and oxygen atoms in total. The highest BCUT2D eigenvalue weighted by molar-refractivity contribution is 5.85. The summed E-state index contributed by atoms with van der Waals surface area (Å²) in [5.41, 5.74) is 3.02. The van der Waals surface area contributed by atoms with E-state index >= 15 is 0 Å². The molecule has 92 valence electrons. The summed E-state index contributed by atoms with van der Waals surface area (Å²) in [5.74, 6) is 0. The van der Waals surface area contributed by atoms with Gasteiger partial charge in [-0.15, -0.1) is 0 Å². The molecule has 3 heteroatoms. The van der Waals surface area contributed by atoms with Gasteiger partial charge in [-0.3, -0.25) is 4.79 Å². The van der Waals surface area contributed by atoms with Crippen LogP contribution in [-0.4, -0.2) is 43.9 Å². The van der Waals surface area contributed by atoms with Crippen LogP contribution in [0.2, 0.25) is 0 Å². The van der Waals surface area contributed by atoms with Crippen molar-refractivity contribution in [1.82, 2.24) is 4.90 Å². The number of carbonyl (C=O) groups is 1. The van der Waals surface area contributed by atoms with E-state index in [1.54, 1.807) is 0 Å². The van der Waals surface area contributed by atoms with Gasteiger partial charge in [0.25, 0.3) is 0 Å². The monoisotopic (exact) mass is 232 g/mol. The predicted molar refractivity (Wildman–Crippen MR) is 70.9 cm³/mol. The minimum Gasteiger partial charge on any atom is -0.366 e.